The summed E-state index contributed by atoms with van der Waals surface area (Å²) >= 11 is 0. The molecular formula is C16H24N2O. The van der Waals surface area contributed by atoms with E-state index in [1.807, 2.05) is 19.1 Å². The fourth-order valence-electron chi connectivity index (χ4n) is 1.66. The number of benzene rings is 1. The Balaban J connectivity index is 2.63. The van der Waals surface area contributed by atoms with Gasteiger partial charge in [-0.3, -0.25) is 0 Å². The van der Waals surface area contributed by atoms with E-state index in [9.17, 15) is 0 Å². The molecule has 3 nitrogen and oxygen atoms in total. The first-order chi connectivity index (χ1) is 8.80. The molecule has 1 aromatic carbocycles. The molecule has 0 spiro atoms. The van der Waals surface area contributed by atoms with E-state index in [-0.39, 0.29) is 5.41 Å². The molecule has 1 unspecified atom stereocenters. The summed E-state index contributed by atoms with van der Waals surface area (Å²) in [5.41, 5.74) is 0.842. The first kappa shape index (κ1) is 15.5. The Kier molecular flexibility index (Phi) is 4.97. The molecule has 1 rings (SSSR count). The van der Waals surface area contributed by atoms with Gasteiger partial charge in [-0.2, -0.15) is 5.26 Å². The summed E-state index contributed by atoms with van der Waals surface area (Å²) in [7, 11) is 1.80. The van der Waals surface area contributed by atoms with Crippen LogP contribution < -0.4 is 10.1 Å². The SMILES string of the molecule is CNC(C)(C#N)CCOc1cccc(C(C)(C)C)c1. The average Bonchev–Trinajstić information content (AvgIpc) is 2.38. The molecule has 104 valence electrons. The van der Waals surface area contributed by atoms with Crippen LogP contribution in [0.4, 0.5) is 0 Å². The lowest BCUT2D eigenvalue weighted by Gasteiger charge is -2.22. The zero-order chi connectivity index (χ0) is 14.5. The Bertz CT molecular complexity index is 457. The number of nitrogens with one attached hydrogen (secondary N) is 1. The second kappa shape index (κ2) is 6.08. The van der Waals surface area contributed by atoms with Crippen molar-refractivity contribution in [2.45, 2.75) is 45.1 Å². The van der Waals surface area contributed by atoms with Crippen molar-refractivity contribution in [2.75, 3.05) is 13.7 Å². The highest BCUT2D eigenvalue weighted by Crippen LogP contribution is 2.25. The topological polar surface area (TPSA) is 45.0 Å². The van der Waals surface area contributed by atoms with Gasteiger partial charge in [0.1, 0.15) is 11.3 Å². The van der Waals surface area contributed by atoms with Crippen molar-refractivity contribution in [1.82, 2.24) is 5.32 Å². The number of nitrogens with zero attached hydrogens (tertiary/aromatic N) is 1. The van der Waals surface area contributed by atoms with Crippen molar-refractivity contribution in [3.05, 3.63) is 29.8 Å². The molecule has 0 saturated heterocycles. The smallest absolute Gasteiger partial charge is 0.119 e. The molecular weight excluding hydrogens is 236 g/mol. The van der Waals surface area contributed by atoms with Gasteiger partial charge in [0.25, 0.3) is 0 Å². The van der Waals surface area contributed by atoms with Gasteiger partial charge in [-0.25, -0.2) is 0 Å². The van der Waals surface area contributed by atoms with Gasteiger partial charge >= 0.3 is 0 Å². The molecule has 1 atom stereocenters. The summed E-state index contributed by atoms with van der Waals surface area (Å²) < 4.78 is 5.75. The highest BCUT2D eigenvalue weighted by Gasteiger charge is 2.21. The van der Waals surface area contributed by atoms with E-state index in [1.54, 1.807) is 7.05 Å². The van der Waals surface area contributed by atoms with E-state index in [2.05, 4.69) is 44.3 Å². The first-order valence-corrected chi connectivity index (χ1v) is 6.64. The molecule has 19 heavy (non-hydrogen) atoms. The summed E-state index contributed by atoms with van der Waals surface area (Å²) in [5, 5.41) is 12.1. The maximum absolute atomic E-state index is 9.07. The molecule has 0 aliphatic heterocycles. The summed E-state index contributed by atoms with van der Waals surface area (Å²) in [5.74, 6) is 0.865. The van der Waals surface area contributed by atoms with Gasteiger partial charge in [-0.05, 0) is 37.1 Å². The number of hydrogen-bond acceptors (Lipinski definition) is 3. The molecule has 0 saturated carbocycles. The third-order valence-electron chi connectivity index (χ3n) is 3.37. The minimum Gasteiger partial charge on any atom is -0.493 e. The van der Waals surface area contributed by atoms with E-state index in [0.29, 0.717) is 13.0 Å². The maximum Gasteiger partial charge on any atom is 0.119 e. The third-order valence-corrected chi connectivity index (χ3v) is 3.37. The van der Waals surface area contributed by atoms with Crippen LogP contribution in [-0.4, -0.2) is 19.2 Å². The molecule has 0 fully saturated rings. The van der Waals surface area contributed by atoms with Crippen LogP contribution in [0.1, 0.15) is 39.7 Å². The number of nitriles is 1. The van der Waals surface area contributed by atoms with Crippen molar-refractivity contribution in [2.24, 2.45) is 0 Å². The number of rotatable bonds is 5. The minimum absolute atomic E-state index is 0.117. The third kappa shape index (κ3) is 4.57. The van der Waals surface area contributed by atoms with E-state index >= 15 is 0 Å². The van der Waals surface area contributed by atoms with E-state index < -0.39 is 5.54 Å². The van der Waals surface area contributed by atoms with Gasteiger partial charge in [0, 0.05) is 6.42 Å². The minimum atomic E-state index is -0.526. The highest BCUT2D eigenvalue weighted by molar-refractivity contribution is 5.32. The van der Waals surface area contributed by atoms with Gasteiger partial charge in [-0.15, -0.1) is 0 Å². The Morgan fingerprint density at radius 1 is 1.26 bits per heavy atom. The number of hydrogen-bond donors (Lipinski definition) is 1. The molecule has 0 aliphatic rings. The van der Waals surface area contributed by atoms with Crippen molar-refractivity contribution in [3.8, 4) is 11.8 Å². The summed E-state index contributed by atoms with van der Waals surface area (Å²) in [6.45, 7) is 8.94. The fraction of sp³-hybridized carbons (Fsp3) is 0.562. The quantitative estimate of drug-likeness (QED) is 0.884. The van der Waals surface area contributed by atoms with Crippen LogP contribution in [0.3, 0.4) is 0 Å². The van der Waals surface area contributed by atoms with Crippen LogP contribution in [0, 0.1) is 11.3 Å². The second-order valence-electron chi connectivity index (χ2n) is 6.07. The zero-order valence-electron chi connectivity index (χ0n) is 12.6. The molecule has 0 aliphatic carbocycles. The Morgan fingerprint density at radius 2 is 1.95 bits per heavy atom. The largest absolute Gasteiger partial charge is 0.493 e. The maximum atomic E-state index is 9.07. The molecule has 0 aromatic heterocycles. The highest BCUT2D eigenvalue weighted by atomic mass is 16.5. The normalized spacial score (nSPS) is 14.5. The van der Waals surface area contributed by atoms with Gasteiger partial charge in [0.15, 0.2) is 0 Å². The van der Waals surface area contributed by atoms with Crippen LogP contribution >= 0.6 is 0 Å². The molecule has 0 heterocycles. The number of ether oxygens (including phenoxy) is 1. The lowest BCUT2D eigenvalue weighted by molar-refractivity contribution is 0.272. The summed E-state index contributed by atoms with van der Waals surface area (Å²) in [4.78, 5) is 0. The lowest BCUT2D eigenvalue weighted by atomic mass is 9.87. The van der Waals surface area contributed by atoms with E-state index in [0.717, 1.165) is 5.75 Å². The average molecular weight is 260 g/mol. The van der Waals surface area contributed by atoms with Crippen LogP contribution in [0.5, 0.6) is 5.75 Å². The predicted molar refractivity (Wildman–Crippen MR) is 78.3 cm³/mol. The van der Waals surface area contributed by atoms with Crippen LogP contribution in [0.2, 0.25) is 0 Å². The van der Waals surface area contributed by atoms with Crippen molar-refractivity contribution in [3.63, 3.8) is 0 Å². The first-order valence-electron chi connectivity index (χ1n) is 6.64. The molecule has 3 heteroatoms. The van der Waals surface area contributed by atoms with Crippen LogP contribution in [0.15, 0.2) is 24.3 Å². The van der Waals surface area contributed by atoms with Crippen LogP contribution in [-0.2, 0) is 5.41 Å². The molecule has 1 N–H and O–H groups in total. The van der Waals surface area contributed by atoms with E-state index in [4.69, 9.17) is 10.00 Å². The zero-order valence-corrected chi connectivity index (χ0v) is 12.6. The molecule has 1 aromatic rings. The Morgan fingerprint density at radius 3 is 2.47 bits per heavy atom. The monoisotopic (exact) mass is 260 g/mol. The fourth-order valence-corrected chi connectivity index (χ4v) is 1.66. The second-order valence-corrected chi connectivity index (χ2v) is 6.07. The van der Waals surface area contributed by atoms with Gasteiger partial charge in [0.05, 0.1) is 12.7 Å². The standard InChI is InChI=1S/C16H24N2O/c1-15(2,3)13-7-6-8-14(11-13)19-10-9-16(4,12-17)18-5/h6-8,11,18H,9-10H2,1-5H3. The van der Waals surface area contributed by atoms with Crippen molar-refractivity contribution >= 4 is 0 Å². The molecule has 0 radical (unpaired) electrons. The van der Waals surface area contributed by atoms with Gasteiger partial charge < -0.3 is 10.1 Å². The summed E-state index contributed by atoms with van der Waals surface area (Å²) in [6.07, 6.45) is 0.653. The predicted octanol–water partition coefficient (Wildman–Crippen LogP) is 3.25. The van der Waals surface area contributed by atoms with Gasteiger partial charge in [-0.1, -0.05) is 32.9 Å². The van der Waals surface area contributed by atoms with Crippen molar-refractivity contribution < 1.29 is 4.74 Å². The van der Waals surface area contributed by atoms with Gasteiger partial charge in [0.2, 0.25) is 0 Å². The molecule has 0 amide bonds. The van der Waals surface area contributed by atoms with Crippen LogP contribution in [0.25, 0.3) is 0 Å². The Labute approximate surface area is 116 Å². The summed E-state index contributed by atoms with van der Waals surface area (Å²) in [6, 6.07) is 10.4. The van der Waals surface area contributed by atoms with E-state index in [1.165, 1.54) is 5.56 Å². The van der Waals surface area contributed by atoms with Crippen molar-refractivity contribution in [1.29, 1.82) is 5.26 Å². The lowest BCUT2D eigenvalue weighted by Crippen LogP contribution is -2.39. The molecule has 0 bridgehead atoms. The Hall–Kier alpha value is -1.53.